The molecule has 0 fully saturated rings. The Bertz CT molecular complexity index is 861. The van der Waals surface area contributed by atoms with Crippen molar-refractivity contribution in [1.82, 2.24) is 4.98 Å². The van der Waals surface area contributed by atoms with Crippen LogP contribution >= 0.6 is 0 Å². The average molecular weight is 309 g/mol. The molecule has 1 heterocycles. The van der Waals surface area contributed by atoms with Crippen LogP contribution in [0.5, 0.6) is 11.5 Å². The first-order chi connectivity index (χ1) is 11.2. The maximum atomic E-state index is 10.9. The minimum atomic E-state index is -0.988. The topological polar surface area (TPSA) is 68.7 Å². The molecule has 1 aromatic heterocycles. The maximum Gasteiger partial charge on any atom is 0.337 e. The Morgan fingerprint density at radius 2 is 2.00 bits per heavy atom. The average Bonchev–Trinajstić information content (AvgIpc) is 2.59. The number of aromatic nitrogens is 1. The first-order valence-corrected chi connectivity index (χ1v) is 7.04. The summed E-state index contributed by atoms with van der Waals surface area (Å²) in [6.45, 7) is 0.413. The number of ether oxygens (including phenoxy) is 2. The zero-order valence-electron chi connectivity index (χ0n) is 12.5. The SMILES string of the molecule is COc1cccc(COc2ccc3cc(C(=O)O)cnc3c2)c1. The number of pyridine rings is 1. The molecule has 0 amide bonds. The van der Waals surface area contributed by atoms with Crippen LogP contribution in [0.3, 0.4) is 0 Å². The van der Waals surface area contributed by atoms with E-state index in [1.807, 2.05) is 24.3 Å². The number of aromatic carboxylic acids is 1. The molecular weight excluding hydrogens is 294 g/mol. The lowest BCUT2D eigenvalue weighted by Gasteiger charge is -2.08. The summed E-state index contributed by atoms with van der Waals surface area (Å²) in [5.41, 5.74) is 1.86. The molecule has 2 aromatic carbocycles. The van der Waals surface area contributed by atoms with E-state index in [1.54, 1.807) is 31.4 Å². The Morgan fingerprint density at radius 1 is 1.13 bits per heavy atom. The van der Waals surface area contributed by atoms with Gasteiger partial charge in [-0.05, 0) is 35.9 Å². The fourth-order valence-electron chi connectivity index (χ4n) is 2.24. The lowest BCUT2D eigenvalue weighted by Crippen LogP contribution is -1.98. The third-order valence-corrected chi connectivity index (χ3v) is 3.44. The van der Waals surface area contributed by atoms with Gasteiger partial charge >= 0.3 is 5.97 Å². The summed E-state index contributed by atoms with van der Waals surface area (Å²) in [4.78, 5) is 15.1. The van der Waals surface area contributed by atoms with E-state index in [4.69, 9.17) is 14.6 Å². The van der Waals surface area contributed by atoms with Crippen LogP contribution in [0, 0.1) is 0 Å². The van der Waals surface area contributed by atoms with Crippen LogP contribution in [-0.4, -0.2) is 23.2 Å². The van der Waals surface area contributed by atoms with Crippen LogP contribution in [-0.2, 0) is 6.61 Å². The second kappa shape index (κ2) is 6.36. The number of benzene rings is 2. The van der Waals surface area contributed by atoms with Gasteiger partial charge in [-0.3, -0.25) is 4.98 Å². The number of carboxylic acid groups (broad SMARTS) is 1. The van der Waals surface area contributed by atoms with E-state index in [0.717, 1.165) is 16.7 Å². The van der Waals surface area contributed by atoms with Crippen LogP contribution in [0.15, 0.2) is 54.7 Å². The van der Waals surface area contributed by atoms with Gasteiger partial charge in [-0.25, -0.2) is 4.79 Å². The van der Waals surface area contributed by atoms with E-state index in [9.17, 15) is 4.79 Å². The highest BCUT2D eigenvalue weighted by atomic mass is 16.5. The molecule has 0 aliphatic rings. The number of carbonyl (C=O) groups is 1. The molecule has 0 spiro atoms. The van der Waals surface area contributed by atoms with E-state index >= 15 is 0 Å². The van der Waals surface area contributed by atoms with Crippen molar-refractivity contribution in [2.24, 2.45) is 0 Å². The predicted molar refractivity (Wildman–Crippen MR) is 86.0 cm³/mol. The van der Waals surface area contributed by atoms with Crippen molar-refractivity contribution < 1.29 is 19.4 Å². The fourth-order valence-corrected chi connectivity index (χ4v) is 2.24. The first-order valence-electron chi connectivity index (χ1n) is 7.04. The molecule has 0 aliphatic heterocycles. The van der Waals surface area contributed by atoms with Crippen molar-refractivity contribution in [2.75, 3.05) is 7.11 Å². The number of rotatable bonds is 5. The Kier molecular flexibility index (Phi) is 4.10. The number of fused-ring (bicyclic) bond motifs is 1. The molecule has 0 aliphatic carbocycles. The van der Waals surface area contributed by atoms with Crippen LogP contribution in [0.1, 0.15) is 15.9 Å². The van der Waals surface area contributed by atoms with Crippen molar-refractivity contribution in [1.29, 1.82) is 0 Å². The highest BCUT2D eigenvalue weighted by molar-refractivity contribution is 5.92. The van der Waals surface area contributed by atoms with E-state index < -0.39 is 5.97 Å². The molecular formula is C18H15NO4. The van der Waals surface area contributed by atoms with E-state index in [0.29, 0.717) is 17.9 Å². The molecule has 116 valence electrons. The molecule has 0 saturated heterocycles. The largest absolute Gasteiger partial charge is 0.497 e. The molecule has 0 radical (unpaired) electrons. The molecule has 5 nitrogen and oxygen atoms in total. The highest BCUT2D eigenvalue weighted by Crippen LogP contribution is 2.22. The number of hydrogen-bond donors (Lipinski definition) is 1. The van der Waals surface area contributed by atoms with Gasteiger partial charge < -0.3 is 14.6 Å². The van der Waals surface area contributed by atoms with Crippen molar-refractivity contribution in [3.8, 4) is 11.5 Å². The van der Waals surface area contributed by atoms with Crippen molar-refractivity contribution >= 4 is 16.9 Å². The Morgan fingerprint density at radius 3 is 2.78 bits per heavy atom. The van der Waals surface area contributed by atoms with Crippen molar-refractivity contribution in [3.05, 3.63) is 65.9 Å². The maximum absolute atomic E-state index is 10.9. The third-order valence-electron chi connectivity index (χ3n) is 3.44. The predicted octanol–water partition coefficient (Wildman–Crippen LogP) is 3.52. The standard InChI is InChI=1S/C18H15NO4/c1-22-15-4-2-3-12(7-15)11-23-16-6-5-13-8-14(18(20)21)10-19-17(13)9-16/h2-10H,11H2,1H3,(H,20,21). The summed E-state index contributed by atoms with van der Waals surface area (Å²) in [6.07, 6.45) is 1.34. The van der Waals surface area contributed by atoms with Crippen LogP contribution in [0.4, 0.5) is 0 Å². The summed E-state index contributed by atoms with van der Waals surface area (Å²) in [6, 6.07) is 14.7. The van der Waals surface area contributed by atoms with Gasteiger partial charge in [0.2, 0.25) is 0 Å². The van der Waals surface area contributed by atoms with Gasteiger partial charge in [-0.15, -0.1) is 0 Å². The van der Waals surface area contributed by atoms with E-state index in [2.05, 4.69) is 4.98 Å². The minimum Gasteiger partial charge on any atom is -0.497 e. The summed E-state index contributed by atoms with van der Waals surface area (Å²) < 4.78 is 10.9. The molecule has 23 heavy (non-hydrogen) atoms. The van der Waals surface area contributed by atoms with Crippen LogP contribution in [0.25, 0.3) is 10.9 Å². The second-order valence-electron chi connectivity index (χ2n) is 5.02. The molecule has 0 atom stereocenters. The summed E-state index contributed by atoms with van der Waals surface area (Å²) >= 11 is 0. The van der Waals surface area contributed by atoms with Crippen molar-refractivity contribution in [2.45, 2.75) is 6.61 Å². The number of nitrogens with zero attached hydrogens (tertiary/aromatic N) is 1. The molecule has 0 saturated carbocycles. The molecule has 0 unspecified atom stereocenters. The summed E-state index contributed by atoms with van der Waals surface area (Å²) in [5, 5.41) is 9.74. The highest BCUT2D eigenvalue weighted by Gasteiger charge is 2.06. The minimum absolute atomic E-state index is 0.169. The molecule has 5 heteroatoms. The number of hydrogen-bond acceptors (Lipinski definition) is 4. The van der Waals surface area contributed by atoms with Gasteiger partial charge in [-0.2, -0.15) is 0 Å². The molecule has 0 bridgehead atoms. The number of carboxylic acids is 1. The Labute approximate surface area is 133 Å². The normalized spacial score (nSPS) is 10.5. The first kappa shape index (κ1) is 14.8. The fraction of sp³-hybridized carbons (Fsp3) is 0.111. The smallest absolute Gasteiger partial charge is 0.337 e. The third kappa shape index (κ3) is 3.40. The summed E-state index contributed by atoms with van der Waals surface area (Å²) in [5.74, 6) is 0.473. The Balaban J connectivity index is 1.78. The van der Waals surface area contributed by atoms with Crippen LogP contribution < -0.4 is 9.47 Å². The monoisotopic (exact) mass is 309 g/mol. The van der Waals surface area contributed by atoms with Crippen molar-refractivity contribution in [3.63, 3.8) is 0 Å². The molecule has 1 N–H and O–H groups in total. The van der Waals surface area contributed by atoms with Gasteiger partial charge in [0.05, 0.1) is 18.2 Å². The van der Waals surface area contributed by atoms with Crippen LogP contribution in [0.2, 0.25) is 0 Å². The molecule has 3 rings (SSSR count). The lowest BCUT2D eigenvalue weighted by atomic mass is 10.1. The van der Waals surface area contributed by atoms with E-state index in [1.165, 1.54) is 6.20 Å². The second-order valence-corrected chi connectivity index (χ2v) is 5.02. The summed E-state index contributed by atoms with van der Waals surface area (Å²) in [7, 11) is 1.63. The zero-order chi connectivity index (χ0) is 16.2. The van der Waals surface area contributed by atoms with Gasteiger partial charge in [0.1, 0.15) is 18.1 Å². The van der Waals surface area contributed by atoms with Gasteiger partial charge in [0.15, 0.2) is 0 Å². The zero-order valence-corrected chi connectivity index (χ0v) is 12.5. The van der Waals surface area contributed by atoms with E-state index in [-0.39, 0.29) is 5.56 Å². The number of methoxy groups -OCH3 is 1. The van der Waals surface area contributed by atoms with Gasteiger partial charge in [-0.1, -0.05) is 12.1 Å². The quantitative estimate of drug-likeness (QED) is 0.781. The molecule has 3 aromatic rings. The van der Waals surface area contributed by atoms with Gasteiger partial charge in [0, 0.05) is 17.6 Å². The Hall–Kier alpha value is -3.08. The van der Waals surface area contributed by atoms with Gasteiger partial charge in [0.25, 0.3) is 0 Å². The lowest BCUT2D eigenvalue weighted by molar-refractivity contribution is 0.0696.